The van der Waals surface area contributed by atoms with E-state index in [1.54, 1.807) is 6.07 Å². The fourth-order valence-electron chi connectivity index (χ4n) is 4.60. The Kier molecular flexibility index (Phi) is 4.36. The molecule has 6 nitrogen and oxygen atoms in total. The maximum atomic E-state index is 14.8. The SMILES string of the molecule is CC12CCCC1=Nc1c(F)cc(-c3nc(N[C@@H]4CCOC[C@H]4O)ncc3F)cc12. The van der Waals surface area contributed by atoms with E-state index in [-0.39, 0.29) is 29.7 Å². The molecule has 8 heteroatoms. The number of nitrogens with zero attached hydrogens (tertiary/aromatic N) is 3. The molecule has 1 aromatic heterocycles. The predicted octanol–water partition coefficient (Wildman–Crippen LogP) is 3.51. The summed E-state index contributed by atoms with van der Waals surface area (Å²) >= 11 is 0. The van der Waals surface area contributed by atoms with Crippen molar-refractivity contribution in [1.29, 1.82) is 0 Å². The highest BCUT2D eigenvalue weighted by Crippen LogP contribution is 2.50. The number of aliphatic hydroxyl groups excluding tert-OH is 1. The van der Waals surface area contributed by atoms with Crippen molar-refractivity contribution < 1.29 is 18.6 Å². The van der Waals surface area contributed by atoms with Crippen molar-refractivity contribution in [3.63, 3.8) is 0 Å². The molecule has 0 bridgehead atoms. The lowest BCUT2D eigenvalue weighted by molar-refractivity contribution is -0.0136. The van der Waals surface area contributed by atoms with Crippen LogP contribution in [0, 0.1) is 11.6 Å². The molecular formula is C21H22F2N4O2. The van der Waals surface area contributed by atoms with Crippen LogP contribution in [-0.2, 0) is 10.2 Å². The molecule has 152 valence electrons. The second kappa shape index (κ2) is 6.81. The summed E-state index contributed by atoms with van der Waals surface area (Å²) in [7, 11) is 0. The summed E-state index contributed by atoms with van der Waals surface area (Å²) in [5.74, 6) is -0.900. The molecule has 3 aliphatic rings. The second-order valence-corrected chi connectivity index (χ2v) is 8.17. The molecule has 2 fully saturated rings. The van der Waals surface area contributed by atoms with E-state index in [0.717, 1.165) is 36.7 Å². The number of hydrogen-bond acceptors (Lipinski definition) is 6. The van der Waals surface area contributed by atoms with Crippen molar-refractivity contribution >= 4 is 17.3 Å². The van der Waals surface area contributed by atoms with Crippen molar-refractivity contribution in [1.82, 2.24) is 9.97 Å². The lowest BCUT2D eigenvalue weighted by atomic mass is 9.80. The van der Waals surface area contributed by atoms with Crippen molar-refractivity contribution in [2.24, 2.45) is 4.99 Å². The number of anilines is 1. The molecule has 1 aliphatic carbocycles. The van der Waals surface area contributed by atoms with Gasteiger partial charge in [-0.15, -0.1) is 0 Å². The Morgan fingerprint density at radius 2 is 2.14 bits per heavy atom. The zero-order valence-corrected chi connectivity index (χ0v) is 16.1. The van der Waals surface area contributed by atoms with Gasteiger partial charge in [0.05, 0.1) is 24.9 Å². The van der Waals surface area contributed by atoms with Gasteiger partial charge in [0, 0.05) is 23.3 Å². The van der Waals surface area contributed by atoms with Crippen molar-refractivity contribution in [3.05, 3.63) is 35.5 Å². The Hall–Kier alpha value is -2.45. The quantitative estimate of drug-likeness (QED) is 0.824. The first-order chi connectivity index (χ1) is 14.0. The standard InChI is InChI=1S/C21H22F2N4O2/c1-21-5-2-3-17(21)26-19-12(21)7-11(8-13(19)22)18-14(23)9-24-20(27-18)25-15-4-6-29-10-16(15)28/h7-9,15-16,28H,2-6,10H2,1H3,(H,24,25,27)/t15-,16-,21?/m1/s1. The third kappa shape index (κ3) is 3.02. The van der Waals surface area contributed by atoms with Gasteiger partial charge in [-0.1, -0.05) is 6.92 Å². The number of fused-ring (bicyclic) bond motifs is 3. The van der Waals surface area contributed by atoms with Crippen LogP contribution >= 0.6 is 0 Å². The molecule has 1 aromatic carbocycles. The second-order valence-electron chi connectivity index (χ2n) is 8.17. The summed E-state index contributed by atoms with van der Waals surface area (Å²) < 4.78 is 34.6. The molecule has 1 saturated carbocycles. The van der Waals surface area contributed by atoms with Crippen LogP contribution < -0.4 is 5.32 Å². The smallest absolute Gasteiger partial charge is 0.223 e. The van der Waals surface area contributed by atoms with Crippen LogP contribution in [-0.4, -0.2) is 46.1 Å². The Bertz CT molecular complexity index is 1010. The van der Waals surface area contributed by atoms with E-state index in [9.17, 15) is 13.9 Å². The molecule has 5 rings (SSSR count). The van der Waals surface area contributed by atoms with Gasteiger partial charge in [-0.3, -0.25) is 4.99 Å². The Morgan fingerprint density at radius 3 is 2.97 bits per heavy atom. The number of benzene rings is 1. The monoisotopic (exact) mass is 400 g/mol. The highest BCUT2D eigenvalue weighted by Gasteiger charge is 2.43. The van der Waals surface area contributed by atoms with Gasteiger partial charge < -0.3 is 15.2 Å². The van der Waals surface area contributed by atoms with Crippen LogP contribution in [0.5, 0.6) is 0 Å². The maximum absolute atomic E-state index is 14.8. The van der Waals surface area contributed by atoms with Gasteiger partial charge in [0.1, 0.15) is 17.2 Å². The third-order valence-corrected chi connectivity index (χ3v) is 6.29. The summed E-state index contributed by atoms with van der Waals surface area (Å²) in [4.78, 5) is 12.8. The highest BCUT2D eigenvalue weighted by molar-refractivity contribution is 6.03. The first-order valence-electron chi connectivity index (χ1n) is 9.93. The molecule has 29 heavy (non-hydrogen) atoms. The van der Waals surface area contributed by atoms with Crippen molar-refractivity contribution in [3.8, 4) is 11.3 Å². The first kappa shape index (κ1) is 18.6. The van der Waals surface area contributed by atoms with Crippen LogP contribution in [0.25, 0.3) is 11.3 Å². The number of hydrogen-bond donors (Lipinski definition) is 2. The molecule has 0 spiro atoms. The highest BCUT2D eigenvalue weighted by atomic mass is 19.1. The minimum atomic E-state index is -0.698. The van der Waals surface area contributed by atoms with Crippen LogP contribution in [0.1, 0.15) is 38.2 Å². The van der Waals surface area contributed by atoms with Crippen molar-refractivity contribution in [2.75, 3.05) is 18.5 Å². The maximum Gasteiger partial charge on any atom is 0.223 e. The average molecular weight is 400 g/mol. The zero-order chi connectivity index (χ0) is 20.2. The summed E-state index contributed by atoms with van der Waals surface area (Å²) in [6.45, 7) is 2.81. The topological polar surface area (TPSA) is 79.6 Å². The molecule has 1 unspecified atom stereocenters. The number of rotatable bonds is 3. The molecule has 0 amide bonds. The Balaban J connectivity index is 1.51. The fraction of sp³-hybridized carbons (Fsp3) is 0.476. The predicted molar refractivity (Wildman–Crippen MR) is 105 cm³/mol. The van der Waals surface area contributed by atoms with Gasteiger partial charge in [-0.25, -0.2) is 18.7 Å². The van der Waals surface area contributed by atoms with E-state index in [2.05, 4.69) is 27.2 Å². The largest absolute Gasteiger partial charge is 0.389 e. The van der Waals surface area contributed by atoms with Gasteiger partial charge in [0.15, 0.2) is 5.82 Å². The lowest BCUT2D eigenvalue weighted by Gasteiger charge is -2.28. The molecule has 2 N–H and O–H groups in total. The normalized spacial score (nSPS) is 28.1. The number of aliphatic imine (C=N–C) groups is 1. The number of aliphatic hydroxyl groups is 1. The van der Waals surface area contributed by atoms with Gasteiger partial charge in [-0.05, 0) is 43.4 Å². The Labute approximate surface area is 167 Å². The lowest BCUT2D eigenvalue weighted by Crippen LogP contribution is -2.42. The molecule has 3 heterocycles. The molecule has 2 aliphatic heterocycles. The molecule has 3 atom stereocenters. The van der Waals surface area contributed by atoms with Crippen molar-refractivity contribution in [2.45, 2.75) is 50.2 Å². The fourth-order valence-corrected chi connectivity index (χ4v) is 4.60. The van der Waals surface area contributed by atoms with Crippen LogP contribution in [0.15, 0.2) is 23.3 Å². The number of halogens is 2. The van der Waals surface area contributed by atoms with E-state index >= 15 is 0 Å². The van der Waals surface area contributed by atoms with Crippen LogP contribution in [0.4, 0.5) is 20.4 Å². The third-order valence-electron chi connectivity index (χ3n) is 6.29. The van der Waals surface area contributed by atoms with Gasteiger partial charge in [0.25, 0.3) is 0 Å². The summed E-state index contributed by atoms with van der Waals surface area (Å²) in [6.07, 6.45) is 3.75. The number of ether oxygens (including phenoxy) is 1. The molecule has 1 saturated heterocycles. The van der Waals surface area contributed by atoms with Gasteiger partial charge >= 0.3 is 0 Å². The summed E-state index contributed by atoms with van der Waals surface area (Å²) in [5.41, 5.74) is 2.27. The van der Waals surface area contributed by atoms with Crippen LogP contribution in [0.3, 0.4) is 0 Å². The van der Waals surface area contributed by atoms with Gasteiger partial charge in [-0.2, -0.15) is 0 Å². The molecule has 2 aromatic rings. The van der Waals surface area contributed by atoms with Crippen LogP contribution in [0.2, 0.25) is 0 Å². The number of nitrogens with one attached hydrogen (secondary N) is 1. The first-order valence-corrected chi connectivity index (χ1v) is 9.93. The Morgan fingerprint density at radius 1 is 1.28 bits per heavy atom. The zero-order valence-electron chi connectivity index (χ0n) is 16.1. The molecule has 0 radical (unpaired) electrons. The number of aromatic nitrogens is 2. The van der Waals surface area contributed by atoms with Gasteiger partial charge in [0.2, 0.25) is 5.95 Å². The minimum absolute atomic E-state index is 0.0285. The van der Waals surface area contributed by atoms with E-state index in [1.807, 2.05) is 0 Å². The summed E-state index contributed by atoms with van der Waals surface area (Å²) in [6, 6.07) is 2.80. The summed E-state index contributed by atoms with van der Waals surface area (Å²) in [5, 5.41) is 13.1. The molecular weight excluding hydrogens is 378 g/mol. The van der Waals surface area contributed by atoms with E-state index < -0.39 is 17.7 Å². The van der Waals surface area contributed by atoms with E-state index in [0.29, 0.717) is 24.3 Å². The van der Waals surface area contributed by atoms with E-state index in [4.69, 9.17) is 4.74 Å². The average Bonchev–Trinajstić information content (AvgIpc) is 3.20. The minimum Gasteiger partial charge on any atom is -0.389 e. The van der Waals surface area contributed by atoms with E-state index in [1.165, 1.54) is 6.07 Å².